The van der Waals surface area contributed by atoms with Gasteiger partial charge in [-0.1, -0.05) is 36.4 Å². The molecule has 0 unspecified atom stereocenters. The van der Waals surface area contributed by atoms with Gasteiger partial charge in [0.1, 0.15) is 0 Å². The fourth-order valence-electron chi connectivity index (χ4n) is 3.24. The molecule has 0 spiro atoms. The zero-order valence-corrected chi connectivity index (χ0v) is 18.3. The van der Waals surface area contributed by atoms with E-state index in [1.807, 2.05) is 54.8 Å². The Balaban J connectivity index is 2.03. The lowest BCUT2D eigenvalue weighted by molar-refractivity contribution is 0.602. The summed E-state index contributed by atoms with van der Waals surface area (Å²) < 4.78 is 24.5. The Hall–Kier alpha value is -2.41. The molecule has 0 radical (unpaired) electrons. The van der Waals surface area contributed by atoms with Gasteiger partial charge >= 0.3 is 0 Å². The van der Waals surface area contributed by atoms with Crippen LogP contribution in [0, 0.1) is 0 Å². The molecule has 0 fully saturated rings. The summed E-state index contributed by atoms with van der Waals surface area (Å²) in [4.78, 5) is 15.6. The summed E-state index contributed by atoms with van der Waals surface area (Å²) in [7, 11) is -3.28. The Labute approximate surface area is 178 Å². The van der Waals surface area contributed by atoms with E-state index < -0.39 is 9.84 Å². The molecule has 3 nitrogen and oxygen atoms in total. The molecule has 0 saturated heterocycles. The summed E-state index contributed by atoms with van der Waals surface area (Å²) in [6.45, 7) is 0. The zero-order chi connectivity index (χ0) is 20.6. The predicted molar refractivity (Wildman–Crippen MR) is 124 cm³/mol. The summed E-state index contributed by atoms with van der Waals surface area (Å²) in [6.07, 6.45) is 3.20. The van der Waals surface area contributed by atoms with Crippen LogP contribution in [0.3, 0.4) is 0 Å². The predicted octanol–water partition coefficient (Wildman–Crippen LogP) is 5.72. The van der Waals surface area contributed by atoms with Crippen LogP contribution in [-0.2, 0) is 9.84 Å². The third-order valence-corrected chi connectivity index (χ3v) is 7.77. The van der Waals surface area contributed by atoms with Crippen molar-refractivity contribution in [2.24, 2.45) is 0 Å². The minimum atomic E-state index is -3.28. The topological polar surface area (TPSA) is 51.2 Å². The van der Waals surface area contributed by atoms with Crippen LogP contribution in [0.5, 0.6) is 0 Å². The number of thioether (sulfide) groups is 1. The summed E-state index contributed by atoms with van der Waals surface area (Å²) in [5.41, 5.74) is 2.33. The van der Waals surface area contributed by atoms with Gasteiger partial charge < -0.3 is 0 Å². The van der Waals surface area contributed by atoms with Crippen LogP contribution in [-0.4, -0.2) is 20.9 Å². The van der Waals surface area contributed by atoms with Crippen molar-refractivity contribution in [2.75, 3.05) is 12.5 Å². The summed E-state index contributed by atoms with van der Waals surface area (Å²) in [6, 6.07) is 22.3. The number of fused-ring (bicyclic) bond motifs is 1. The minimum Gasteiger partial charge on any atom is -0.288 e. The van der Waals surface area contributed by atoms with Crippen molar-refractivity contribution in [3.63, 3.8) is 0 Å². The molecule has 3 aromatic carbocycles. The molecule has 0 aliphatic rings. The van der Waals surface area contributed by atoms with Gasteiger partial charge in [0.05, 0.1) is 4.90 Å². The molecule has 1 heterocycles. The standard InChI is InChI=1S/C23H18O3S3/c1-27-17-7-5-6-16(14-17)21-22(24)19-8-3-4-9-20(19)28-23(21)15-10-12-18(13-11-15)29(2,25)26/h3-14H,1-2H3. The average molecular weight is 439 g/mol. The molecule has 1 aromatic heterocycles. The Morgan fingerprint density at radius 3 is 2.28 bits per heavy atom. The van der Waals surface area contributed by atoms with Gasteiger partial charge in [-0.25, -0.2) is 8.42 Å². The number of hydrogen-bond acceptors (Lipinski definition) is 5. The minimum absolute atomic E-state index is 0.0141. The van der Waals surface area contributed by atoms with E-state index >= 15 is 0 Å². The zero-order valence-electron chi connectivity index (χ0n) is 15.9. The second-order valence-electron chi connectivity index (χ2n) is 6.66. The van der Waals surface area contributed by atoms with Gasteiger partial charge in [0.25, 0.3) is 0 Å². The van der Waals surface area contributed by atoms with Crippen LogP contribution in [0.15, 0.2) is 87.4 Å². The first-order chi connectivity index (χ1) is 13.9. The second kappa shape index (κ2) is 7.78. The van der Waals surface area contributed by atoms with E-state index in [1.165, 1.54) is 6.26 Å². The molecule has 29 heavy (non-hydrogen) atoms. The fraction of sp³-hybridized carbons (Fsp3) is 0.0870. The van der Waals surface area contributed by atoms with E-state index in [-0.39, 0.29) is 10.3 Å². The van der Waals surface area contributed by atoms with Crippen molar-refractivity contribution in [1.29, 1.82) is 0 Å². The van der Waals surface area contributed by atoms with Crippen molar-refractivity contribution in [3.05, 3.63) is 83.0 Å². The number of rotatable bonds is 4. The van der Waals surface area contributed by atoms with Gasteiger partial charge in [0.15, 0.2) is 15.3 Å². The van der Waals surface area contributed by atoms with Crippen molar-refractivity contribution < 1.29 is 8.42 Å². The Morgan fingerprint density at radius 1 is 0.862 bits per heavy atom. The first-order valence-electron chi connectivity index (χ1n) is 8.89. The highest BCUT2D eigenvalue weighted by Gasteiger charge is 2.17. The van der Waals surface area contributed by atoms with Crippen LogP contribution in [0.1, 0.15) is 0 Å². The Morgan fingerprint density at radius 2 is 1.59 bits per heavy atom. The molecule has 146 valence electrons. The molecule has 0 N–H and O–H groups in total. The van der Waals surface area contributed by atoms with E-state index in [4.69, 9.17) is 0 Å². The summed E-state index contributed by atoms with van der Waals surface area (Å²) in [5.74, 6) is 0. The number of benzene rings is 3. The largest absolute Gasteiger partial charge is 0.288 e. The Kier molecular flexibility index (Phi) is 5.34. The molecule has 0 bridgehead atoms. The first-order valence-corrected chi connectivity index (χ1v) is 12.8. The third kappa shape index (κ3) is 3.88. The molecule has 0 aliphatic heterocycles. The van der Waals surface area contributed by atoms with Crippen LogP contribution in [0.25, 0.3) is 31.7 Å². The van der Waals surface area contributed by atoms with Gasteiger partial charge in [0.2, 0.25) is 0 Å². The number of sulfone groups is 1. The lowest BCUT2D eigenvalue weighted by Crippen LogP contribution is -2.06. The van der Waals surface area contributed by atoms with Crippen molar-refractivity contribution in [1.82, 2.24) is 0 Å². The van der Waals surface area contributed by atoms with Crippen LogP contribution in [0.2, 0.25) is 0 Å². The highest BCUT2D eigenvalue weighted by molar-refractivity contribution is 7.98. The average Bonchev–Trinajstić information content (AvgIpc) is 2.73. The lowest BCUT2D eigenvalue weighted by Gasteiger charge is -2.12. The summed E-state index contributed by atoms with van der Waals surface area (Å²) >= 11 is 3.17. The smallest absolute Gasteiger partial charge is 0.196 e. The highest BCUT2D eigenvalue weighted by atomic mass is 32.2. The van der Waals surface area contributed by atoms with E-state index in [2.05, 4.69) is 0 Å². The van der Waals surface area contributed by atoms with E-state index in [0.29, 0.717) is 10.9 Å². The highest BCUT2D eigenvalue weighted by Crippen LogP contribution is 2.37. The van der Waals surface area contributed by atoms with Crippen molar-refractivity contribution >= 4 is 43.0 Å². The van der Waals surface area contributed by atoms with Crippen LogP contribution >= 0.6 is 23.1 Å². The molecule has 4 aromatic rings. The van der Waals surface area contributed by atoms with Gasteiger partial charge in [0, 0.05) is 31.7 Å². The normalized spacial score (nSPS) is 11.7. The molecule has 0 saturated carbocycles. The third-order valence-electron chi connectivity index (χ3n) is 4.70. The van der Waals surface area contributed by atoms with Crippen LogP contribution < -0.4 is 5.43 Å². The molecular formula is C23H18O3S3. The Bertz CT molecular complexity index is 1370. The van der Waals surface area contributed by atoms with Crippen molar-refractivity contribution in [3.8, 4) is 21.6 Å². The number of hydrogen-bond donors (Lipinski definition) is 0. The van der Waals surface area contributed by atoms with E-state index in [0.717, 1.165) is 25.6 Å². The lowest BCUT2D eigenvalue weighted by atomic mass is 10.0. The van der Waals surface area contributed by atoms with Gasteiger partial charge in [-0.15, -0.1) is 23.1 Å². The molecule has 0 atom stereocenters. The second-order valence-corrected chi connectivity index (χ2v) is 10.6. The van der Waals surface area contributed by atoms with Crippen molar-refractivity contribution in [2.45, 2.75) is 9.79 Å². The van der Waals surface area contributed by atoms with Gasteiger partial charge in [-0.2, -0.15) is 0 Å². The SMILES string of the molecule is CSc1cccc(-c2c(-c3ccc(S(C)(=O)=O)cc3)sc3ccccc3c2=O)c1. The maximum Gasteiger partial charge on any atom is 0.196 e. The van der Waals surface area contributed by atoms with Gasteiger partial charge in [-0.3, -0.25) is 4.79 Å². The van der Waals surface area contributed by atoms with E-state index in [1.54, 1.807) is 47.4 Å². The molecule has 0 amide bonds. The molecule has 0 aliphatic carbocycles. The maximum atomic E-state index is 13.5. The molecule has 4 rings (SSSR count). The molecule has 6 heteroatoms. The van der Waals surface area contributed by atoms with E-state index in [9.17, 15) is 13.2 Å². The molecular weight excluding hydrogens is 420 g/mol. The van der Waals surface area contributed by atoms with Gasteiger partial charge in [-0.05, 0) is 53.8 Å². The van der Waals surface area contributed by atoms with Crippen LogP contribution in [0.4, 0.5) is 0 Å². The maximum absolute atomic E-state index is 13.5. The monoisotopic (exact) mass is 438 g/mol. The quantitative estimate of drug-likeness (QED) is 0.382. The fourth-order valence-corrected chi connectivity index (χ4v) is 5.53. The first kappa shape index (κ1) is 19.9. The summed E-state index contributed by atoms with van der Waals surface area (Å²) in [5, 5.41) is 0.693.